The van der Waals surface area contributed by atoms with Crippen molar-refractivity contribution in [3.63, 3.8) is 0 Å². The van der Waals surface area contributed by atoms with E-state index in [1.54, 1.807) is 18.2 Å². The Hall–Kier alpha value is -1.88. The molecule has 1 aromatic carbocycles. The van der Waals surface area contributed by atoms with Crippen molar-refractivity contribution in [1.29, 1.82) is 0 Å². The smallest absolute Gasteiger partial charge is 0.282 e. The molecule has 1 heterocycles. The standard InChI is InChI=1S/C12H11NO3S/c1-10-2-4-12(5-3-10)17(14,15)13-8-11-6-7-16-9-11/h2-9H,1H3. The van der Waals surface area contributed by atoms with E-state index in [2.05, 4.69) is 4.40 Å². The monoisotopic (exact) mass is 249 g/mol. The molecule has 88 valence electrons. The first-order valence-electron chi connectivity index (χ1n) is 4.97. The molecular weight excluding hydrogens is 238 g/mol. The van der Waals surface area contributed by atoms with Crippen LogP contribution in [0.25, 0.3) is 0 Å². The number of rotatable bonds is 3. The number of benzene rings is 1. The lowest BCUT2D eigenvalue weighted by Crippen LogP contribution is -1.97. The summed E-state index contributed by atoms with van der Waals surface area (Å²) in [4.78, 5) is 0.183. The average molecular weight is 249 g/mol. The van der Waals surface area contributed by atoms with Crippen LogP contribution in [-0.2, 0) is 10.0 Å². The summed E-state index contributed by atoms with van der Waals surface area (Å²) >= 11 is 0. The molecule has 0 saturated carbocycles. The molecule has 2 rings (SSSR count). The first-order valence-corrected chi connectivity index (χ1v) is 6.41. The summed E-state index contributed by atoms with van der Waals surface area (Å²) in [6.45, 7) is 1.89. The third-order valence-corrected chi connectivity index (χ3v) is 3.45. The zero-order valence-corrected chi connectivity index (χ0v) is 10.0. The number of nitrogens with zero attached hydrogens (tertiary/aromatic N) is 1. The number of aryl methyl sites for hydroxylation is 1. The van der Waals surface area contributed by atoms with E-state index in [1.807, 2.05) is 6.92 Å². The minimum atomic E-state index is -3.63. The van der Waals surface area contributed by atoms with Crippen LogP contribution in [0.15, 0.2) is 56.6 Å². The van der Waals surface area contributed by atoms with Crippen LogP contribution in [0.2, 0.25) is 0 Å². The Labute approximate surface area is 99.7 Å². The second-order valence-corrected chi connectivity index (χ2v) is 5.21. The molecule has 4 nitrogen and oxygen atoms in total. The van der Waals surface area contributed by atoms with E-state index in [0.29, 0.717) is 5.56 Å². The molecule has 0 radical (unpaired) electrons. The summed E-state index contributed by atoms with van der Waals surface area (Å²) in [6, 6.07) is 8.18. The highest BCUT2D eigenvalue weighted by Gasteiger charge is 2.10. The fourth-order valence-corrected chi connectivity index (χ4v) is 2.11. The van der Waals surface area contributed by atoms with Crippen molar-refractivity contribution >= 4 is 16.2 Å². The number of furan rings is 1. The molecular formula is C12H11NO3S. The average Bonchev–Trinajstić information content (AvgIpc) is 2.80. The fraction of sp³-hybridized carbons (Fsp3) is 0.0833. The minimum Gasteiger partial charge on any atom is -0.472 e. The van der Waals surface area contributed by atoms with Crippen molar-refractivity contribution in [2.75, 3.05) is 0 Å². The van der Waals surface area contributed by atoms with Crippen LogP contribution in [0.1, 0.15) is 11.1 Å². The molecule has 1 aromatic heterocycles. The normalized spacial score (nSPS) is 12.1. The van der Waals surface area contributed by atoms with Gasteiger partial charge < -0.3 is 4.42 Å². The summed E-state index contributed by atoms with van der Waals surface area (Å²) in [6.07, 6.45) is 4.15. The Morgan fingerprint density at radius 3 is 2.47 bits per heavy atom. The van der Waals surface area contributed by atoms with Crippen LogP contribution in [0.5, 0.6) is 0 Å². The van der Waals surface area contributed by atoms with Gasteiger partial charge in [-0.2, -0.15) is 12.8 Å². The predicted molar refractivity (Wildman–Crippen MR) is 64.7 cm³/mol. The van der Waals surface area contributed by atoms with Crippen molar-refractivity contribution in [3.8, 4) is 0 Å². The largest absolute Gasteiger partial charge is 0.472 e. The van der Waals surface area contributed by atoms with Crippen molar-refractivity contribution in [2.24, 2.45) is 4.40 Å². The van der Waals surface area contributed by atoms with Gasteiger partial charge in [-0.3, -0.25) is 0 Å². The van der Waals surface area contributed by atoms with Crippen molar-refractivity contribution in [3.05, 3.63) is 54.0 Å². The van der Waals surface area contributed by atoms with E-state index in [9.17, 15) is 8.42 Å². The maximum Gasteiger partial charge on any atom is 0.282 e. The van der Waals surface area contributed by atoms with E-state index in [4.69, 9.17) is 4.42 Å². The quantitative estimate of drug-likeness (QED) is 0.785. The van der Waals surface area contributed by atoms with E-state index in [1.165, 1.54) is 30.9 Å². The van der Waals surface area contributed by atoms with Crippen LogP contribution in [0, 0.1) is 6.92 Å². The summed E-state index contributed by atoms with van der Waals surface area (Å²) in [5.41, 5.74) is 1.61. The Morgan fingerprint density at radius 1 is 1.18 bits per heavy atom. The van der Waals surface area contributed by atoms with Gasteiger partial charge in [-0.25, -0.2) is 0 Å². The van der Waals surface area contributed by atoms with E-state index in [-0.39, 0.29) is 4.90 Å². The molecule has 0 saturated heterocycles. The molecule has 0 N–H and O–H groups in total. The van der Waals surface area contributed by atoms with Gasteiger partial charge in [0.15, 0.2) is 0 Å². The van der Waals surface area contributed by atoms with Gasteiger partial charge >= 0.3 is 0 Å². The molecule has 0 fully saturated rings. The van der Waals surface area contributed by atoms with Crippen LogP contribution in [0.3, 0.4) is 0 Å². The topological polar surface area (TPSA) is 59.6 Å². The van der Waals surface area contributed by atoms with Crippen LogP contribution in [0.4, 0.5) is 0 Å². The van der Waals surface area contributed by atoms with Crippen LogP contribution >= 0.6 is 0 Å². The van der Waals surface area contributed by atoms with E-state index < -0.39 is 10.0 Å². The second-order valence-electron chi connectivity index (χ2n) is 3.58. The molecule has 0 atom stereocenters. The summed E-state index contributed by atoms with van der Waals surface area (Å²) in [5.74, 6) is 0. The number of hydrogen-bond acceptors (Lipinski definition) is 3. The molecule has 0 bridgehead atoms. The van der Waals surface area contributed by atoms with Gasteiger partial charge in [-0.05, 0) is 25.1 Å². The maximum absolute atomic E-state index is 11.8. The van der Waals surface area contributed by atoms with Gasteiger partial charge in [0, 0.05) is 5.56 Å². The minimum absolute atomic E-state index is 0.183. The molecule has 5 heteroatoms. The molecule has 17 heavy (non-hydrogen) atoms. The van der Waals surface area contributed by atoms with Gasteiger partial charge in [0.1, 0.15) is 0 Å². The first kappa shape index (κ1) is 11.6. The van der Waals surface area contributed by atoms with E-state index >= 15 is 0 Å². The predicted octanol–water partition coefficient (Wildman–Crippen LogP) is 2.40. The van der Waals surface area contributed by atoms with Gasteiger partial charge in [0.05, 0.1) is 23.6 Å². The summed E-state index contributed by atoms with van der Waals surface area (Å²) in [7, 11) is -3.63. The highest BCUT2D eigenvalue weighted by Crippen LogP contribution is 2.13. The third kappa shape index (κ3) is 2.82. The highest BCUT2D eigenvalue weighted by molar-refractivity contribution is 7.90. The summed E-state index contributed by atoms with van der Waals surface area (Å²) < 4.78 is 32.0. The van der Waals surface area contributed by atoms with Crippen molar-refractivity contribution in [1.82, 2.24) is 0 Å². The Morgan fingerprint density at radius 2 is 1.88 bits per heavy atom. The Balaban J connectivity index is 2.28. The lowest BCUT2D eigenvalue weighted by molar-refractivity contribution is 0.567. The number of hydrogen-bond donors (Lipinski definition) is 0. The molecule has 0 amide bonds. The Kier molecular flexibility index (Phi) is 3.10. The maximum atomic E-state index is 11.8. The second kappa shape index (κ2) is 4.55. The molecule has 0 aliphatic heterocycles. The van der Waals surface area contributed by atoms with Gasteiger partial charge in [0.2, 0.25) is 0 Å². The lowest BCUT2D eigenvalue weighted by atomic mass is 10.2. The van der Waals surface area contributed by atoms with Crippen molar-refractivity contribution < 1.29 is 12.8 Å². The van der Waals surface area contributed by atoms with Crippen molar-refractivity contribution in [2.45, 2.75) is 11.8 Å². The van der Waals surface area contributed by atoms with E-state index in [0.717, 1.165) is 5.56 Å². The zero-order chi connectivity index (χ0) is 12.3. The molecule has 0 spiro atoms. The molecule has 0 unspecified atom stereocenters. The molecule has 0 aliphatic carbocycles. The highest BCUT2D eigenvalue weighted by atomic mass is 32.2. The summed E-state index contributed by atoms with van der Waals surface area (Å²) in [5, 5.41) is 0. The fourth-order valence-electron chi connectivity index (χ4n) is 1.25. The van der Waals surface area contributed by atoms with Gasteiger partial charge in [-0.1, -0.05) is 17.7 Å². The first-order chi connectivity index (χ1) is 8.08. The SMILES string of the molecule is Cc1ccc(S(=O)(=O)N=Cc2ccoc2)cc1. The Bertz CT molecular complexity index is 610. The number of sulfonamides is 1. The molecule has 0 aliphatic rings. The zero-order valence-electron chi connectivity index (χ0n) is 9.20. The van der Waals surface area contributed by atoms with Crippen LogP contribution < -0.4 is 0 Å². The van der Waals surface area contributed by atoms with Crippen LogP contribution in [-0.4, -0.2) is 14.6 Å². The lowest BCUT2D eigenvalue weighted by Gasteiger charge is -1.98. The molecule has 2 aromatic rings. The van der Waals surface area contributed by atoms with Gasteiger partial charge in [0.25, 0.3) is 10.0 Å². The third-order valence-electron chi connectivity index (χ3n) is 2.20. The van der Waals surface area contributed by atoms with Gasteiger partial charge in [-0.15, -0.1) is 0 Å².